The highest BCUT2D eigenvalue weighted by Crippen LogP contribution is 2.27. The molecule has 150 valence electrons. The van der Waals surface area contributed by atoms with E-state index in [0.717, 1.165) is 22.2 Å². The topological polar surface area (TPSA) is 86.9 Å². The molecule has 3 N–H and O–H groups in total. The van der Waals surface area contributed by atoms with Crippen molar-refractivity contribution in [3.05, 3.63) is 70.4 Å². The summed E-state index contributed by atoms with van der Waals surface area (Å²) in [4.78, 5) is 30.9. The summed E-state index contributed by atoms with van der Waals surface area (Å²) in [5.41, 5.74) is 4.48. The number of nitrogens with one attached hydrogen (secondary N) is 3. The summed E-state index contributed by atoms with van der Waals surface area (Å²) < 4.78 is 14.0. The molecule has 3 aromatic rings. The monoisotopic (exact) mass is 394 g/mol. The van der Waals surface area contributed by atoms with Crippen LogP contribution < -0.4 is 10.6 Å². The molecule has 0 spiro atoms. The standard InChI is InChI=1S/C22H23FN4O2/c1-13-4-6-18(23)21-20(13)17(14(2)27-21)8-9-26-19(28)7-5-15-10-16(12-25-11-15)22(29)24-3/h4-7,10-12,27H,8-9H2,1-3H3,(H,24,29)(H,26,28)/b7-5+. The zero-order valence-corrected chi connectivity index (χ0v) is 16.6. The zero-order valence-electron chi connectivity index (χ0n) is 16.6. The molecule has 0 radical (unpaired) electrons. The number of H-pyrrole nitrogens is 1. The lowest BCUT2D eigenvalue weighted by Crippen LogP contribution is -2.23. The largest absolute Gasteiger partial charge is 0.356 e. The van der Waals surface area contributed by atoms with Crippen molar-refractivity contribution in [1.82, 2.24) is 20.6 Å². The minimum Gasteiger partial charge on any atom is -0.356 e. The fraction of sp³-hybridized carbons (Fsp3) is 0.227. The summed E-state index contributed by atoms with van der Waals surface area (Å²) in [6.07, 6.45) is 6.62. The molecule has 1 aromatic carbocycles. The van der Waals surface area contributed by atoms with Crippen LogP contribution in [0.15, 0.2) is 36.7 Å². The SMILES string of the molecule is CNC(=O)c1cncc(/C=C/C(=O)NCCc2c(C)[nH]c3c(F)ccc(C)c23)c1. The Morgan fingerprint density at radius 3 is 2.79 bits per heavy atom. The van der Waals surface area contributed by atoms with Gasteiger partial charge in [-0.3, -0.25) is 14.6 Å². The fourth-order valence-electron chi connectivity index (χ4n) is 3.31. The van der Waals surface area contributed by atoms with Gasteiger partial charge in [0.25, 0.3) is 5.91 Å². The van der Waals surface area contributed by atoms with Crippen LogP contribution in [0.1, 0.15) is 32.7 Å². The number of benzene rings is 1. The number of aromatic nitrogens is 2. The lowest BCUT2D eigenvalue weighted by Gasteiger charge is -2.05. The Hall–Kier alpha value is -3.48. The van der Waals surface area contributed by atoms with Gasteiger partial charge >= 0.3 is 0 Å². The van der Waals surface area contributed by atoms with Crippen molar-refractivity contribution >= 4 is 28.8 Å². The van der Waals surface area contributed by atoms with Gasteiger partial charge in [-0.15, -0.1) is 0 Å². The van der Waals surface area contributed by atoms with Crippen molar-refractivity contribution in [2.75, 3.05) is 13.6 Å². The second-order valence-corrected chi connectivity index (χ2v) is 6.80. The van der Waals surface area contributed by atoms with Gasteiger partial charge in [0.15, 0.2) is 0 Å². The van der Waals surface area contributed by atoms with E-state index in [0.29, 0.717) is 29.6 Å². The Balaban J connectivity index is 1.63. The van der Waals surface area contributed by atoms with E-state index >= 15 is 0 Å². The van der Waals surface area contributed by atoms with Crippen LogP contribution >= 0.6 is 0 Å². The number of amides is 2. The second-order valence-electron chi connectivity index (χ2n) is 6.80. The summed E-state index contributed by atoms with van der Waals surface area (Å²) in [6.45, 7) is 4.27. The van der Waals surface area contributed by atoms with Crippen molar-refractivity contribution in [1.29, 1.82) is 0 Å². The first kappa shape index (κ1) is 20.3. The number of aryl methyl sites for hydroxylation is 2. The Labute approximate surface area is 168 Å². The van der Waals surface area contributed by atoms with Crippen LogP contribution in [0.2, 0.25) is 0 Å². The summed E-state index contributed by atoms with van der Waals surface area (Å²) >= 11 is 0. The lowest BCUT2D eigenvalue weighted by molar-refractivity contribution is -0.116. The van der Waals surface area contributed by atoms with Crippen LogP contribution in [-0.4, -0.2) is 35.4 Å². The highest BCUT2D eigenvalue weighted by molar-refractivity contribution is 5.95. The quantitative estimate of drug-likeness (QED) is 0.562. The van der Waals surface area contributed by atoms with Gasteiger partial charge in [-0.2, -0.15) is 0 Å². The molecule has 7 heteroatoms. The third-order valence-electron chi connectivity index (χ3n) is 4.78. The molecule has 0 aliphatic heterocycles. The van der Waals surface area contributed by atoms with E-state index < -0.39 is 0 Å². The predicted molar refractivity (Wildman–Crippen MR) is 111 cm³/mol. The number of hydrogen-bond donors (Lipinski definition) is 3. The van der Waals surface area contributed by atoms with Gasteiger partial charge < -0.3 is 15.6 Å². The zero-order chi connectivity index (χ0) is 21.0. The number of hydrogen-bond acceptors (Lipinski definition) is 3. The van der Waals surface area contributed by atoms with Gasteiger partial charge in [0.1, 0.15) is 5.82 Å². The molecule has 29 heavy (non-hydrogen) atoms. The highest BCUT2D eigenvalue weighted by Gasteiger charge is 2.13. The summed E-state index contributed by atoms with van der Waals surface area (Å²) in [5.74, 6) is -0.770. The normalized spacial score (nSPS) is 11.2. The minimum absolute atomic E-state index is 0.238. The van der Waals surface area contributed by atoms with E-state index in [1.54, 1.807) is 31.5 Å². The van der Waals surface area contributed by atoms with Gasteiger partial charge in [-0.1, -0.05) is 6.07 Å². The Kier molecular flexibility index (Phi) is 6.07. The van der Waals surface area contributed by atoms with Crippen LogP contribution in [0.25, 0.3) is 17.0 Å². The van der Waals surface area contributed by atoms with Crippen LogP contribution in [0.5, 0.6) is 0 Å². The van der Waals surface area contributed by atoms with Gasteiger partial charge in [-0.05, 0) is 55.2 Å². The average Bonchev–Trinajstić information content (AvgIpc) is 3.06. The van der Waals surface area contributed by atoms with E-state index in [4.69, 9.17) is 0 Å². The third kappa shape index (κ3) is 4.51. The fourth-order valence-corrected chi connectivity index (χ4v) is 3.31. The summed E-state index contributed by atoms with van der Waals surface area (Å²) in [6, 6.07) is 4.87. The molecular formula is C22H23FN4O2. The van der Waals surface area contributed by atoms with Crippen molar-refractivity contribution in [2.24, 2.45) is 0 Å². The van der Waals surface area contributed by atoms with Crippen LogP contribution in [0, 0.1) is 19.7 Å². The van der Waals surface area contributed by atoms with E-state index in [1.807, 2.05) is 13.8 Å². The summed E-state index contributed by atoms with van der Waals surface area (Å²) in [7, 11) is 1.55. The van der Waals surface area contributed by atoms with Crippen LogP contribution in [-0.2, 0) is 11.2 Å². The van der Waals surface area contributed by atoms with Crippen molar-refractivity contribution < 1.29 is 14.0 Å². The van der Waals surface area contributed by atoms with E-state index in [2.05, 4.69) is 20.6 Å². The van der Waals surface area contributed by atoms with E-state index in [1.165, 1.54) is 18.3 Å². The molecule has 0 aliphatic rings. The third-order valence-corrected chi connectivity index (χ3v) is 4.78. The molecule has 2 amide bonds. The predicted octanol–water partition coefficient (Wildman–Crippen LogP) is 3.05. The maximum absolute atomic E-state index is 14.0. The van der Waals surface area contributed by atoms with Gasteiger partial charge in [-0.25, -0.2) is 4.39 Å². The molecule has 3 rings (SSSR count). The second kappa shape index (κ2) is 8.68. The Bertz CT molecular complexity index is 1100. The number of carbonyl (C=O) groups excluding carboxylic acids is 2. The molecule has 0 saturated heterocycles. The van der Waals surface area contributed by atoms with E-state index in [9.17, 15) is 14.0 Å². The van der Waals surface area contributed by atoms with Crippen molar-refractivity contribution in [3.8, 4) is 0 Å². The van der Waals surface area contributed by atoms with Gasteiger partial charge in [0.2, 0.25) is 5.91 Å². The van der Waals surface area contributed by atoms with Crippen molar-refractivity contribution in [2.45, 2.75) is 20.3 Å². The smallest absolute Gasteiger partial charge is 0.252 e. The molecule has 0 atom stereocenters. The number of fused-ring (bicyclic) bond motifs is 1. The minimum atomic E-state index is -0.278. The van der Waals surface area contributed by atoms with Gasteiger partial charge in [0, 0.05) is 43.1 Å². The maximum atomic E-state index is 14.0. The molecule has 0 bridgehead atoms. The maximum Gasteiger partial charge on any atom is 0.252 e. The number of carbonyl (C=O) groups is 2. The lowest BCUT2D eigenvalue weighted by atomic mass is 10.0. The number of pyridine rings is 1. The van der Waals surface area contributed by atoms with Crippen LogP contribution in [0.3, 0.4) is 0 Å². The average molecular weight is 394 g/mol. The van der Waals surface area contributed by atoms with Crippen molar-refractivity contribution in [3.63, 3.8) is 0 Å². The molecule has 0 saturated carbocycles. The van der Waals surface area contributed by atoms with E-state index in [-0.39, 0.29) is 17.6 Å². The first-order valence-electron chi connectivity index (χ1n) is 9.30. The first-order valence-corrected chi connectivity index (χ1v) is 9.30. The van der Waals surface area contributed by atoms with Gasteiger partial charge in [0.05, 0.1) is 11.1 Å². The summed E-state index contributed by atoms with van der Waals surface area (Å²) in [5, 5.41) is 6.24. The molecule has 2 heterocycles. The molecule has 0 fully saturated rings. The number of nitrogens with zero attached hydrogens (tertiary/aromatic N) is 1. The Morgan fingerprint density at radius 1 is 1.24 bits per heavy atom. The highest BCUT2D eigenvalue weighted by atomic mass is 19.1. The molecular weight excluding hydrogens is 371 g/mol. The number of rotatable bonds is 6. The van der Waals surface area contributed by atoms with Crippen LogP contribution in [0.4, 0.5) is 4.39 Å². The first-order chi connectivity index (χ1) is 13.9. The molecule has 0 unspecified atom stereocenters. The molecule has 0 aliphatic carbocycles. The molecule has 2 aromatic heterocycles. The molecule has 6 nitrogen and oxygen atoms in total. The Morgan fingerprint density at radius 2 is 2.03 bits per heavy atom. The number of aromatic amines is 1. The number of halogens is 1.